The number of ether oxygens (including phenoxy) is 2. The van der Waals surface area contributed by atoms with Crippen LogP contribution in [0.25, 0.3) is 0 Å². The fraction of sp³-hybridized carbons (Fsp3) is 0.686. The van der Waals surface area contributed by atoms with E-state index in [2.05, 4.69) is 4.99 Å². The first-order valence-electron chi connectivity index (χ1n) is 16.5. The number of guanidine groups is 1. The van der Waals surface area contributed by atoms with Crippen molar-refractivity contribution in [2.45, 2.75) is 122 Å². The Kier molecular flexibility index (Phi) is 15.1. The molecule has 43 heavy (non-hydrogen) atoms. The number of aryl methyl sites for hydroxylation is 1. The average molecular weight is 598 g/mol. The summed E-state index contributed by atoms with van der Waals surface area (Å²) in [6.45, 7) is 2.57. The van der Waals surface area contributed by atoms with Crippen LogP contribution in [-0.4, -0.2) is 49.0 Å². The van der Waals surface area contributed by atoms with Crippen molar-refractivity contribution in [3.05, 3.63) is 35.4 Å². The van der Waals surface area contributed by atoms with Gasteiger partial charge in [0.05, 0.1) is 6.10 Å². The molecule has 3 rings (SSSR count). The summed E-state index contributed by atoms with van der Waals surface area (Å²) in [5.41, 5.74) is 12.8. The third-order valence-electron chi connectivity index (χ3n) is 9.12. The number of Topliss-reactive ketones (excluding diaryl/α,β-unsaturated/α-hetero) is 1. The Labute approximate surface area is 258 Å². The van der Waals surface area contributed by atoms with E-state index in [0.717, 1.165) is 62.0 Å². The second-order valence-electron chi connectivity index (χ2n) is 12.7. The van der Waals surface area contributed by atoms with E-state index < -0.39 is 0 Å². The Morgan fingerprint density at radius 2 is 1.79 bits per heavy atom. The topological polar surface area (TPSA) is 137 Å². The van der Waals surface area contributed by atoms with Gasteiger partial charge in [-0.15, -0.1) is 0 Å². The smallest absolute Gasteiger partial charge is 0.185 e. The Bertz CT molecular complexity index is 1070. The van der Waals surface area contributed by atoms with E-state index >= 15 is 0 Å². The molecule has 2 atom stereocenters. The van der Waals surface area contributed by atoms with Crippen molar-refractivity contribution >= 4 is 17.5 Å². The van der Waals surface area contributed by atoms with Crippen LogP contribution in [0.4, 0.5) is 0 Å². The highest BCUT2D eigenvalue weighted by atomic mass is 16.5. The molecule has 8 nitrogen and oxygen atoms in total. The van der Waals surface area contributed by atoms with Crippen LogP contribution in [0.1, 0.15) is 120 Å². The molecule has 0 amide bonds. The number of phenolic OH excluding ortho intramolecular Hbond substituents is 1. The first-order valence-corrected chi connectivity index (χ1v) is 16.5. The van der Waals surface area contributed by atoms with Crippen molar-refractivity contribution in [3.8, 4) is 11.5 Å². The standard InChI is InChI=1S/C35H55N3O5/c1-25(39)17-20-31(28(24-42-2)13-9-21-38-35(36)37)32-22-27(23-33(34(32)41)43-30-15-7-8-16-30)18-19-29(40)14-6-5-12-26-10-3-4-11-26/h6,14,22-23,26,28,30-31,41H,3-5,7-13,15-21,24H2,1-2H3,(H4,36,37,38). The average Bonchev–Trinajstić information content (AvgIpc) is 3.69. The van der Waals surface area contributed by atoms with E-state index in [9.17, 15) is 14.7 Å². The molecule has 8 heteroatoms. The lowest BCUT2D eigenvalue weighted by Crippen LogP contribution is -2.23. The normalized spacial score (nSPS) is 17.3. The SMILES string of the molecule is COCC(CCCN=C(N)N)C(CCC(C)=O)c1cc(CCC(=O)C=CCCC2CCCC2)cc(OC2CCCC2)c1O. The van der Waals surface area contributed by atoms with Gasteiger partial charge in [0.25, 0.3) is 0 Å². The summed E-state index contributed by atoms with van der Waals surface area (Å²) in [6, 6.07) is 3.91. The third-order valence-corrected chi connectivity index (χ3v) is 9.12. The maximum Gasteiger partial charge on any atom is 0.185 e. The van der Waals surface area contributed by atoms with Gasteiger partial charge < -0.3 is 30.8 Å². The molecule has 5 N–H and O–H groups in total. The Morgan fingerprint density at radius 1 is 1.07 bits per heavy atom. The zero-order chi connectivity index (χ0) is 31.0. The number of aromatic hydroxyl groups is 1. The van der Waals surface area contributed by atoms with Crippen LogP contribution in [-0.2, 0) is 20.7 Å². The Hall–Kier alpha value is -2.87. The zero-order valence-electron chi connectivity index (χ0n) is 26.5. The molecular formula is C35H55N3O5. The fourth-order valence-electron chi connectivity index (χ4n) is 6.77. The maximum atomic E-state index is 12.8. The van der Waals surface area contributed by atoms with Gasteiger partial charge in [-0.3, -0.25) is 9.79 Å². The van der Waals surface area contributed by atoms with Gasteiger partial charge in [0, 0.05) is 38.7 Å². The molecule has 2 aliphatic carbocycles. The number of hydrogen-bond acceptors (Lipinski definition) is 6. The predicted octanol–water partition coefficient (Wildman–Crippen LogP) is 6.51. The van der Waals surface area contributed by atoms with Gasteiger partial charge in [-0.2, -0.15) is 0 Å². The predicted molar refractivity (Wildman–Crippen MR) is 173 cm³/mol. The van der Waals surface area contributed by atoms with Gasteiger partial charge in [0.15, 0.2) is 23.2 Å². The molecule has 0 heterocycles. The number of hydrogen-bond donors (Lipinski definition) is 3. The first kappa shape index (κ1) is 34.6. The monoisotopic (exact) mass is 597 g/mol. The molecule has 0 saturated heterocycles. The van der Waals surface area contributed by atoms with Crippen LogP contribution >= 0.6 is 0 Å². The number of carbonyl (C=O) groups excluding carboxylic acids is 2. The molecule has 1 aromatic rings. The molecule has 0 bridgehead atoms. The highest BCUT2D eigenvalue weighted by molar-refractivity contribution is 5.89. The molecule has 2 fully saturated rings. The van der Waals surface area contributed by atoms with Gasteiger partial charge in [-0.1, -0.05) is 37.8 Å². The second kappa shape index (κ2) is 18.7. The molecule has 0 aliphatic heterocycles. The van der Waals surface area contributed by atoms with Crippen LogP contribution in [0.2, 0.25) is 0 Å². The summed E-state index contributed by atoms with van der Waals surface area (Å²) in [5.74, 6) is 1.60. The zero-order valence-corrected chi connectivity index (χ0v) is 26.5. The number of allylic oxidation sites excluding steroid dienone is 2. The highest BCUT2D eigenvalue weighted by Gasteiger charge is 2.29. The van der Waals surface area contributed by atoms with Crippen LogP contribution < -0.4 is 16.2 Å². The molecule has 2 aliphatic rings. The molecule has 0 spiro atoms. The fourth-order valence-corrected chi connectivity index (χ4v) is 6.77. The summed E-state index contributed by atoms with van der Waals surface area (Å²) in [5, 5.41) is 11.6. The van der Waals surface area contributed by atoms with E-state index in [-0.39, 0.29) is 41.2 Å². The van der Waals surface area contributed by atoms with Crippen LogP contribution in [0.5, 0.6) is 11.5 Å². The van der Waals surface area contributed by atoms with Crippen molar-refractivity contribution in [1.82, 2.24) is 0 Å². The largest absolute Gasteiger partial charge is 0.504 e. The number of nitrogens with zero attached hydrogens (tertiary/aromatic N) is 1. The summed E-state index contributed by atoms with van der Waals surface area (Å²) < 4.78 is 12.0. The van der Waals surface area contributed by atoms with Crippen molar-refractivity contribution < 1.29 is 24.2 Å². The van der Waals surface area contributed by atoms with Crippen LogP contribution in [0, 0.1) is 11.8 Å². The lowest BCUT2D eigenvalue weighted by atomic mass is 9.79. The van der Waals surface area contributed by atoms with Gasteiger partial charge >= 0.3 is 0 Å². The van der Waals surface area contributed by atoms with Gasteiger partial charge in [-0.05, 0) is 107 Å². The lowest BCUT2D eigenvalue weighted by molar-refractivity contribution is -0.117. The van der Waals surface area contributed by atoms with Gasteiger partial charge in [0.2, 0.25) is 0 Å². The Morgan fingerprint density at radius 3 is 2.47 bits per heavy atom. The molecule has 2 saturated carbocycles. The number of benzene rings is 1. The number of rotatable bonds is 20. The minimum absolute atomic E-state index is 0.0310. The van der Waals surface area contributed by atoms with Gasteiger partial charge in [-0.25, -0.2) is 0 Å². The number of carbonyl (C=O) groups is 2. The molecule has 240 valence electrons. The van der Waals surface area contributed by atoms with Gasteiger partial charge in [0.1, 0.15) is 5.78 Å². The number of methoxy groups -OCH3 is 1. The summed E-state index contributed by atoms with van der Waals surface area (Å²) in [7, 11) is 1.67. The number of aliphatic imine (C=N–C) groups is 1. The number of nitrogens with two attached hydrogens (primary N) is 2. The van der Waals surface area contributed by atoms with Crippen molar-refractivity contribution in [2.24, 2.45) is 28.3 Å². The Balaban J connectivity index is 1.82. The van der Waals surface area contributed by atoms with E-state index in [4.69, 9.17) is 20.9 Å². The first-order chi connectivity index (χ1) is 20.8. The number of ketones is 2. The molecule has 1 aromatic carbocycles. The summed E-state index contributed by atoms with van der Waals surface area (Å²) >= 11 is 0. The molecule has 0 aromatic heterocycles. The summed E-state index contributed by atoms with van der Waals surface area (Å²) in [6.07, 6.45) is 18.9. The number of phenols is 1. The van der Waals surface area contributed by atoms with E-state index in [1.165, 1.54) is 32.1 Å². The van der Waals surface area contributed by atoms with E-state index in [1.54, 1.807) is 20.1 Å². The van der Waals surface area contributed by atoms with Crippen LogP contribution in [0.3, 0.4) is 0 Å². The third kappa shape index (κ3) is 12.3. The molecule has 0 radical (unpaired) electrons. The molecule has 2 unspecified atom stereocenters. The quantitative estimate of drug-likeness (QED) is 0.0674. The van der Waals surface area contributed by atoms with E-state index in [0.29, 0.717) is 44.6 Å². The van der Waals surface area contributed by atoms with Crippen molar-refractivity contribution in [3.63, 3.8) is 0 Å². The second-order valence-corrected chi connectivity index (χ2v) is 12.7. The minimum atomic E-state index is -0.139. The van der Waals surface area contributed by atoms with E-state index in [1.807, 2.05) is 18.2 Å². The van der Waals surface area contributed by atoms with Crippen molar-refractivity contribution in [1.29, 1.82) is 0 Å². The lowest BCUT2D eigenvalue weighted by Gasteiger charge is -2.29. The van der Waals surface area contributed by atoms with Crippen LogP contribution in [0.15, 0.2) is 29.3 Å². The maximum absolute atomic E-state index is 12.8. The minimum Gasteiger partial charge on any atom is -0.504 e. The van der Waals surface area contributed by atoms with Crippen molar-refractivity contribution in [2.75, 3.05) is 20.3 Å². The highest BCUT2D eigenvalue weighted by Crippen LogP contribution is 2.44. The summed E-state index contributed by atoms with van der Waals surface area (Å²) in [4.78, 5) is 29.0. The molecular weight excluding hydrogens is 542 g/mol.